The maximum Gasteiger partial charge on any atom is 0.408 e. The second-order valence-corrected chi connectivity index (χ2v) is 11.1. The van der Waals surface area contributed by atoms with Crippen molar-refractivity contribution in [3.8, 4) is 0 Å². The molecule has 0 aromatic heterocycles. The minimum absolute atomic E-state index is 0.0569. The zero-order chi connectivity index (χ0) is 27.5. The van der Waals surface area contributed by atoms with Gasteiger partial charge in [0.1, 0.15) is 17.7 Å². The molecule has 1 rings (SSSR count). The van der Waals surface area contributed by atoms with Gasteiger partial charge in [0.15, 0.2) is 0 Å². The molecular formula is C27H45N3O5S. The Morgan fingerprint density at radius 3 is 2.22 bits per heavy atom. The number of alkyl carbamates (subject to hydrolysis) is 1. The Bertz CT molecular complexity index is 851. The number of hydrogen-bond acceptors (Lipinski definition) is 6. The van der Waals surface area contributed by atoms with Crippen LogP contribution in [0.1, 0.15) is 76.6 Å². The molecule has 0 heterocycles. The lowest BCUT2D eigenvalue weighted by Gasteiger charge is -2.36. The number of thioether (sulfide) groups is 1. The quantitative estimate of drug-likeness (QED) is 0.359. The van der Waals surface area contributed by atoms with E-state index in [9.17, 15) is 19.5 Å². The van der Waals surface area contributed by atoms with Crippen LogP contribution in [0.4, 0.5) is 4.79 Å². The highest BCUT2D eigenvalue weighted by Gasteiger charge is 2.37. The Hall–Kier alpha value is -2.26. The van der Waals surface area contributed by atoms with Crippen LogP contribution in [0.3, 0.4) is 0 Å². The number of aliphatic hydroxyl groups excluding tert-OH is 1. The number of carbonyl (C=O) groups excluding carboxylic acids is 3. The predicted octanol–water partition coefficient (Wildman–Crippen LogP) is 4.12. The SMILES string of the molecule is CCCC(C)NC(=O)C(c1c(C)cccc1C)N(CCO)C(=O)C(CCSC)NC(=O)OC(C)(C)C. The van der Waals surface area contributed by atoms with Gasteiger partial charge in [0.25, 0.3) is 0 Å². The molecule has 0 aliphatic heterocycles. The summed E-state index contributed by atoms with van der Waals surface area (Å²) in [4.78, 5) is 41.6. The van der Waals surface area contributed by atoms with Crippen LogP contribution in [0.5, 0.6) is 0 Å². The number of carbonyl (C=O) groups is 3. The molecule has 9 heteroatoms. The molecule has 0 aliphatic rings. The van der Waals surface area contributed by atoms with Gasteiger partial charge in [-0.3, -0.25) is 9.59 Å². The van der Waals surface area contributed by atoms with Gasteiger partial charge in [0.2, 0.25) is 11.8 Å². The molecule has 0 aliphatic carbocycles. The maximum absolute atomic E-state index is 13.9. The molecule has 0 radical (unpaired) electrons. The van der Waals surface area contributed by atoms with Crippen LogP contribution in [0.25, 0.3) is 0 Å². The van der Waals surface area contributed by atoms with Gasteiger partial charge in [-0.25, -0.2) is 4.79 Å². The fraction of sp³-hybridized carbons (Fsp3) is 0.667. The predicted molar refractivity (Wildman–Crippen MR) is 146 cm³/mol. The van der Waals surface area contributed by atoms with E-state index < -0.39 is 29.7 Å². The van der Waals surface area contributed by atoms with Crippen molar-refractivity contribution in [2.24, 2.45) is 0 Å². The van der Waals surface area contributed by atoms with Crippen molar-refractivity contribution in [3.05, 3.63) is 34.9 Å². The van der Waals surface area contributed by atoms with Crippen LogP contribution in [-0.2, 0) is 14.3 Å². The van der Waals surface area contributed by atoms with Gasteiger partial charge < -0.3 is 25.4 Å². The molecule has 3 atom stereocenters. The first-order valence-corrected chi connectivity index (χ1v) is 14.0. The van der Waals surface area contributed by atoms with Crippen LogP contribution >= 0.6 is 11.8 Å². The monoisotopic (exact) mass is 523 g/mol. The summed E-state index contributed by atoms with van der Waals surface area (Å²) >= 11 is 1.55. The molecule has 3 amide bonds. The Morgan fingerprint density at radius 1 is 1.11 bits per heavy atom. The van der Waals surface area contributed by atoms with E-state index in [2.05, 4.69) is 10.6 Å². The van der Waals surface area contributed by atoms with E-state index in [0.29, 0.717) is 12.2 Å². The molecule has 0 spiro atoms. The topological polar surface area (TPSA) is 108 Å². The van der Waals surface area contributed by atoms with E-state index in [1.807, 2.05) is 52.1 Å². The zero-order valence-electron chi connectivity index (χ0n) is 23.1. The molecule has 3 N–H and O–H groups in total. The van der Waals surface area contributed by atoms with Crippen molar-refractivity contribution in [1.82, 2.24) is 15.5 Å². The molecule has 0 saturated carbocycles. The number of rotatable bonds is 13. The number of aryl methyl sites for hydroxylation is 2. The van der Waals surface area contributed by atoms with E-state index >= 15 is 0 Å². The van der Waals surface area contributed by atoms with Gasteiger partial charge in [-0.15, -0.1) is 0 Å². The number of hydrogen-bond donors (Lipinski definition) is 3. The summed E-state index contributed by atoms with van der Waals surface area (Å²) in [5.74, 6) is -0.126. The first-order chi connectivity index (χ1) is 16.9. The molecule has 3 unspecified atom stereocenters. The molecule has 0 bridgehead atoms. The van der Waals surface area contributed by atoms with E-state index in [1.54, 1.807) is 32.5 Å². The lowest BCUT2D eigenvalue weighted by Crippen LogP contribution is -2.54. The largest absolute Gasteiger partial charge is 0.444 e. The van der Waals surface area contributed by atoms with Crippen LogP contribution in [-0.4, -0.2) is 70.8 Å². The molecule has 204 valence electrons. The molecular weight excluding hydrogens is 478 g/mol. The summed E-state index contributed by atoms with van der Waals surface area (Å²) in [6, 6.07) is 3.78. The third-order valence-electron chi connectivity index (χ3n) is 5.71. The van der Waals surface area contributed by atoms with Gasteiger partial charge in [-0.2, -0.15) is 11.8 Å². The highest BCUT2D eigenvalue weighted by atomic mass is 32.2. The number of ether oxygens (including phenoxy) is 1. The zero-order valence-corrected chi connectivity index (χ0v) is 24.0. The van der Waals surface area contributed by atoms with Gasteiger partial charge in [0, 0.05) is 12.6 Å². The summed E-state index contributed by atoms with van der Waals surface area (Å²) in [5.41, 5.74) is 1.74. The van der Waals surface area contributed by atoms with Gasteiger partial charge in [-0.05, 0) is 83.1 Å². The number of amides is 3. The van der Waals surface area contributed by atoms with Crippen LogP contribution < -0.4 is 10.6 Å². The molecule has 0 saturated heterocycles. The highest BCUT2D eigenvalue weighted by molar-refractivity contribution is 7.98. The Kier molecular flexibility index (Phi) is 13.3. The number of benzene rings is 1. The molecule has 1 aromatic rings. The number of nitrogens with one attached hydrogen (secondary N) is 2. The van der Waals surface area contributed by atoms with Crippen LogP contribution in [0, 0.1) is 13.8 Å². The second kappa shape index (κ2) is 15.1. The van der Waals surface area contributed by atoms with Crippen molar-refractivity contribution < 1.29 is 24.2 Å². The Balaban J connectivity index is 3.50. The summed E-state index contributed by atoms with van der Waals surface area (Å²) in [6.07, 6.45) is 3.29. The van der Waals surface area contributed by atoms with Crippen molar-refractivity contribution in [1.29, 1.82) is 0 Å². The Morgan fingerprint density at radius 2 is 1.72 bits per heavy atom. The lowest BCUT2D eigenvalue weighted by molar-refractivity contribution is -0.143. The van der Waals surface area contributed by atoms with E-state index in [1.165, 1.54) is 4.90 Å². The average Bonchev–Trinajstić information content (AvgIpc) is 2.76. The smallest absolute Gasteiger partial charge is 0.408 e. The first kappa shape index (κ1) is 31.8. The van der Waals surface area contributed by atoms with Crippen molar-refractivity contribution in [3.63, 3.8) is 0 Å². The third-order valence-corrected chi connectivity index (χ3v) is 6.35. The molecule has 0 fully saturated rings. The number of aliphatic hydroxyl groups is 1. The highest BCUT2D eigenvalue weighted by Crippen LogP contribution is 2.29. The minimum Gasteiger partial charge on any atom is -0.444 e. The van der Waals surface area contributed by atoms with E-state index in [0.717, 1.165) is 29.5 Å². The van der Waals surface area contributed by atoms with Gasteiger partial charge >= 0.3 is 6.09 Å². The normalized spacial score (nSPS) is 13.9. The van der Waals surface area contributed by atoms with Crippen LogP contribution in [0.2, 0.25) is 0 Å². The first-order valence-electron chi connectivity index (χ1n) is 12.6. The summed E-state index contributed by atoms with van der Waals surface area (Å²) < 4.78 is 5.39. The Labute approximate surface area is 220 Å². The van der Waals surface area contributed by atoms with E-state index in [-0.39, 0.29) is 25.1 Å². The van der Waals surface area contributed by atoms with Gasteiger partial charge in [-0.1, -0.05) is 31.5 Å². The molecule has 8 nitrogen and oxygen atoms in total. The van der Waals surface area contributed by atoms with Gasteiger partial charge in [0.05, 0.1) is 6.61 Å². The van der Waals surface area contributed by atoms with Crippen molar-refractivity contribution in [2.45, 2.75) is 91.5 Å². The van der Waals surface area contributed by atoms with Crippen molar-refractivity contribution >= 4 is 29.7 Å². The second-order valence-electron chi connectivity index (χ2n) is 10.1. The fourth-order valence-electron chi connectivity index (χ4n) is 4.13. The summed E-state index contributed by atoms with van der Waals surface area (Å²) in [5, 5.41) is 15.7. The van der Waals surface area contributed by atoms with Crippen LogP contribution in [0.15, 0.2) is 18.2 Å². The standard InChI is InChI=1S/C27H45N3O5S/c1-9-11-20(4)28-24(32)23(22-18(2)12-10-13-19(22)3)30(15-16-31)25(33)21(14-17-36-8)29-26(34)35-27(5,6)7/h10,12-13,20-21,23,31H,9,11,14-17H2,1-8H3,(H,28,32)(H,29,34). The lowest BCUT2D eigenvalue weighted by atomic mass is 9.93. The minimum atomic E-state index is -0.956. The number of nitrogens with zero attached hydrogens (tertiary/aromatic N) is 1. The summed E-state index contributed by atoms with van der Waals surface area (Å²) in [6.45, 7) is 12.7. The summed E-state index contributed by atoms with van der Waals surface area (Å²) in [7, 11) is 0. The maximum atomic E-state index is 13.9. The fourth-order valence-corrected chi connectivity index (χ4v) is 4.60. The molecule has 1 aromatic carbocycles. The van der Waals surface area contributed by atoms with E-state index in [4.69, 9.17) is 4.74 Å². The van der Waals surface area contributed by atoms with Crippen molar-refractivity contribution in [2.75, 3.05) is 25.2 Å². The molecule has 36 heavy (non-hydrogen) atoms. The third kappa shape index (κ3) is 10.0. The average molecular weight is 524 g/mol.